The van der Waals surface area contributed by atoms with Crippen LogP contribution in [0.2, 0.25) is 0 Å². The van der Waals surface area contributed by atoms with Gasteiger partial charge in [-0.2, -0.15) is 5.26 Å². The van der Waals surface area contributed by atoms with Crippen molar-refractivity contribution in [3.8, 4) is 6.07 Å². The molecule has 1 saturated heterocycles. The van der Waals surface area contributed by atoms with Crippen LogP contribution < -0.4 is 5.32 Å². The van der Waals surface area contributed by atoms with Crippen LogP contribution in [0.5, 0.6) is 0 Å². The first-order valence-corrected chi connectivity index (χ1v) is 15.0. The standard InChI is InChI=1S/C33H38N6O6/c1-24-30(35-22-40)29(26-10-12-28(13-11-26)39(43)44)31(25(2)36-24)38(23-41)18-7-17-37-19-14-33(15-20-37,27-8-4-3-5-9-27)32(42)45-21-6-16-34/h3-5,8-13,22-23,29-30H,6-7,14-15,17-21H2,1-2H3,(H,35,40). The lowest BCUT2D eigenvalue weighted by Gasteiger charge is -2.41. The first-order chi connectivity index (χ1) is 21.7. The third-order valence-corrected chi connectivity index (χ3v) is 8.69. The van der Waals surface area contributed by atoms with Gasteiger partial charge in [0.15, 0.2) is 0 Å². The molecule has 2 heterocycles. The van der Waals surface area contributed by atoms with Crippen LogP contribution in [0.3, 0.4) is 0 Å². The number of amides is 2. The van der Waals surface area contributed by atoms with Gasteiger partial charge in [-0.25, -0.2) is 0 Å². The number of ether oxygens (including phenoxy) is 1. The van der Waals surface area contributed by atoms with Crippen LogP contribution in [0.25, 0.3) is 0 Å². The Hall–Kier alpha value is -4.89. The highest BCUT2D eigenvalue weighted by Gasteiger charge is 2.44. The van der Waals surface area contributed by atoms with E-state index in [1.54, 1.807) is 24.0 Å². The zero-order chi connectivity index (χ0) is 32.4. The number of likely N-dealkylation sites (tertiary alicyclic amines) is 1. The van der Waals surface area contributed by atoms with Crippen molar-refractivity contribution in [3.05, 3.63) is 87.2 Å². The Morgan fingerprint density at radius 1 is 1.18 bits per heavy atom. The van der Waals surface area contributed by atoms with E-state index in [4.69, 9.17) is 10.00 Å². The number of benzene rings is 2. The predicted molar refractivity (Wildman–Crippen MR) is 167 cm³/mol. The molecule has 0 bridgehead atoms. The molecule has 0 saturated carbocycles. The van der Waals surface area contributed by atoms with Gasteiger partial charge in [0.1, 0.15) is 6.61 Å². The minimum Gasteiger partial charge on any atom is -0.464 e. The summed E-state index contributed by atoms with van der Waals surface area (Å²) in [4.78, 5) is 56.6. The second-order valence-corrected chi connectivity index (χ2v) is 11.3. The zero-order valence-electron chi connectivity index (χ0n) is 25.6. The van der Waals surface area contributed by atoms with Gasteiger partial charge >= 0.3 is 5.97 Å². The van der Waals surface area contributed by atoms with Gasteiger partial charge in [-0.3, -0.25) is 29.5 Å². The number of nitrogens with one attached hydrogen (secondary N) is 1. The number of piperidine rings is 1. The number of nitrogens with zero attached hydrogens (tertiary/aromatic N) is 5. The summed E-state index contributed by atoms with van der Waals surface area (Å²) in [6.45, 7) is 6.07. The number of esters is 1. The number of rotatable bonds is 14. The first-order valence-electron chi connectivity index (χ1n) is 15.0. The summed E-state index contributed by atoms with van der Waals surface area (Å²) in [6, 6.07) is 17.2. The van der Waals surface area contributed by atoms with Gasteiger partial charge in [0, 0.05) is 24.4 Å². The number of allylic oxidation sites excluding steroid dienone is 1. The maximum Gasteiger partial charge on any atom is 0.316 e. The van der Waals surface area contributed by atoms with Gasteiger partial charge in [0.25, 0.3) is 5.69 Å². The Bertz CT molecular complexity index is 1480. The summed E-state index contributed by atoms with van der Waals surface area (Å²) in [5.41, 5.74) is 2.72. The van der Waals surface area contributed by atoms with Gasteiger partial charge in [-0.05, 0) is 63.9 Å². The molecule has 0 radical (unpaired) electrons. The second-order valence-electron chi connectivity index (χ2n) is 11.3. The molecule has 2 atom stereocenters. The summed E-state index contributed by atoms with van der Waals surface area (Å²) in [5, 5.41) is 22.9. The molecule has 0 aromatic heterocycles. The topological polar surface area (TPSA) is 158 Å². The van der Waals surface area contributed by atoms with Gasteiger partial charge < -0.3 is 19.9 Å². The number of nitro benzene ring substituents is 1. The van der Waals surface area contributed by atoms with Crippen LogP contribution in [0.15, 0.2) is 71.0 Å². The Labute approximate surface area is 262 Å². The van der Waals surface area contributed by atoms with Crippen LogP contribution >= 0.6 is 0 Å². The van der Waals surface area contributed by atoms with Crippen LogP contribution in [0.1, 0.15) is 56.6 Å². The lowest BCUT2D eigenvalue weighted by Crippen LogP contribution is -2.48. The van der Waals surface area contributed by atoms with Crippen molar-refractivity contribution in [1.82, 2.24) is 15.1 Å². The van der Waals surface area contributed by atoms with E-state index in [1.165, 1.54) is 12.1 Å². The molecule has 0 spiro atoms. The highest BCUT2D eigenvalue weighted by Crippen LogP contribution is 2.39. The fourth-order valence-electron chi connectivity index (χ4n) is 6.39. The van der Waals surface area contributed by atoms with Crippen LogP contribution in [-0.2, 0) is 24.5 Å². The van der Waals surface area contributed by atoms with Crippen molar-refractivity contribution in [3.63, 3.8) is 0 Å². The predicted octanol–water partition coefficient (Wildman–Crippen LogP) is 3.84. The van der Waals surface area contributed by atoms with Gasteiger partial charge in [0.05, 0.1) is 46.2 Å². The van der Waals surface area contributed by atoms with E-state index < -0.39 is 22.3 Å². The molecule has 1 fully saturated rings. The third-order valence-electron chi connectivity index (χ3n) is 8.69. The number of aliphatic imine (C=N–C) groups is 1. The van der Waals surface area contributed by atoms with E-state index in [-0.39, 0.29) is 24.7 Å². The minimum absolute atomic E-state index is 0.0532. The van der Waals surface area contributed by atoms with Crippen molar-refractivity contribution in [1.29, 1.82) is 5.26 Å². The average molecular weight is 615 g/mol. The van der Waals surface area contributed by atoms with Gasteiger partial charge in [-0.15, -0.1) is 0 Å². The van der Waals surface area contributed by atoms with E-state index in [2.05, 4.69) is 15.2 Å². The summed E-state index contributed by atoms with van der Waals surface area (Å²) >= 11 is 0. The Balaban J connectivity index is 1.47. The normalized spacial score (nSPS) is 19.5. The smallest absolute Gasteiger partial charge is 0.316 e. The van der Waals surface area contributed by atoms with Crippen molar-refractivity contribution < 1.29 is 24.0 Å². The number of nitriles is 1. The van der Waals surface area contributed by atoms with Crippen molar-refractivity contribution in [2.45, 2.75) is 56.9 Å². The van der Waals surface area contributed by atoms with E-state index in [1.807, 2.05) is 43.3 Å². The lowest BCUT2D eigenvalue weighted by molar-refractivity contribution is -0.384. The molecule has 1 N–H and O–H groups in total. The maximum atomic E-state index is 13.3. The second kappa shape index (κ2) is 15.2. The van der Waals surface area contributed by atoms with E-state index in [0.29, 0.717) is 74.5 Å². The molecule has 236 valence electrons. The number of carbonyl (C=O) groups excluding carboxylic acids is 3. The number of non-ortho nitro benzene ring substituents is 1. The minimum atomic E-state index is -0.777. The molecule has 45 heavy (non-hydrogen) atoms. The van der Waals surface area contributed by atoms with Crippen molar-refractivity contribution in [2.75, 3.05) is 32.8 Å². The highest BCUT2D eigenvalue weighted by molar-refractivity contribution is 5.92. The first kappa shape index (κ1) is 33.0. The Kier molecular flexibility index (Phi) is 11.2. The largest absolute Gasteiger partial charge is 0.464 e. The molecular formula is C33H38N6O6. The van der Waals surface area contributed by atoms with E-state index in [0.717, 1.165) is 12.0 Å². The lowest BCUT2D eigenvalue weighted by atomic mass is 9.72. The molecule has 0 aliphatic carbocycles. The molecule has 12 heteroatoms. The fraction of sp³-hybridized carbons (Fsp3) is 0.424. The van der Waals surface area contributed by atoms with Crippen molar-refractivity contribution >= 4 is 30.2 Å². The van der Waals surface area contributed by atoms with Crippen LogP contribution in [-0.4, -0.2) is 78.1 Å². The molecule has 2 amide bonds. The summed E-state index contributed by atoms with van der Waals surface area (Å²) in [6.07, 6.45) is 3.28. The monoisotopic (exact) mass is 614 g/mol. The fourth-order valence-corrected chi connectivity index (χ4v) is 6.39. The molecular weight excluding hydrogens is 576 g/mol. The van der Waals surface area contributed by atoms with Gasteiger partial charge in [0.2, 0.25) is 12.8 Å². The maximum absolute atomic E-state index is 13.3. The molecule has 2 aliphatic heterocycles. The summed E-state index contributed by atoms with van der Waals surface area (Å²) in [7, 11) is 0. The molecule has 2 aromatic carbocycles. The molecule has 12 nitrogen and oxygen atoms in total. The number of nitro groups is 1. The average Bonchev–Trinajstić information content (AvgIpc) is 3.05. The van der Waals surface area contributed by atoms with E-state index >= 15 is 0 Å². The molecule has 2 unspecified atom stereocenters. The number of hydrogen-bond donors (Lipinski definition) is 1. The number of carbonyl (C=O) groups is 3. The summed E-state index contributed by atoms with van der Waals surface area (Å²) in [5.74, 6) is -0.783. The van der Waals surface area contributed by atoms with E-state index in [9.17, 15) is 24.5 Å². The summed E-state index contributed by atoms with van der Waals surface area (Å²) < 4.78 is 5.52. The quantitative estimate of drug-likeness (QED) is 0.111. The van der Waals surface area contributed by atoms with Crippen molar-refractivity contribution in [2.24, 2.45) is 4.99 Å². The zero-order valence-corrected chi connectivity index (χ0v) is 25.6. The SMILES string of the molecule is CC1=NC(C)=C(N(C=O)CCCN2CCC(C(=O)OCCC#N)(c3ccccc3)CC2)C(c2ccc([N+](=O)[O-])cc2)C1NC=O. The Morgan fingerprint density at radius 3 is 2.47 bits per heavy atom. The van der Waals surface area contributed by atoms with Crippen LogP contribution in [0.4, 0.5) is 5.69 Å². The van der Waals surface area contributed by atoms with Gasteiger partial charge in [-0.1, -0.05) is 42.5 Å². The number of hydrogen-bond acceptors (Lipinski definition) is 9. The molecule has 2 aliphatic rings. The highest BCUT2D eigenvalue weighted by atomic mass is 16.6. The third kappa shape index (κ3) is 7.44. The Morgan fingerprint density at radius 2 is 1.87 bits per heavy atom. The van der Waals surface area contributed by atoms with Crippen LogP contribution in [0, 0.1) is 21.4 Å². The molecule has 2 aromatic rings. The molecule has 4 rings (SSSR count).